The van der Waals surface area contributed by atoms with Crippen LogP contribution in [0, 0.1) is 6.92 Å². The van der Waals surface area contributed by atoms with Gasteiger partial charge in [0.2, 0.25) is 0 Å². The van der Waals surface area contributed by atoms with Gasteiger partial charge in [0.05, 0.1) is 5.69 Å². The number of hydrogen-bond donors (Lipinski definition) is 2. The van der Waals surface area contributed by atoms with Crippen molar-refractivity contribution in [2.75, 3.05) is 23.3 Å². The van der Waals surface area contributed by atoms with Gasteiger partial charge in [-0.1, -0.05) is 24.3 Å². The zero-order valence-corrected chi connectivity index (χ0v) is 15.5. The first-order valence-electron chi connectivity index (χ1n) is 9.43. The fraction of sp³-hybridized carbons (Fsp3) is 0.273. The van der Waals surface area contributed by atoms with E-state index in [2.05, 4.69) is 44.8 Å². The van der Waals surface area contributed by atoms with E-state index in [9.17, 15) is 4.79 Å². The number of fused-ring (bicyclic) bond motifs is 1. The van der Waals surface area contributed by atoms with E-state index in [0.29, 0.717) is 6.54 Å². The van der Waals surface area contributed by atoms with Crippen molar-refractivity contribution in [2.24, 2.45) is 0 Å². The van der Waals surface area contributed by atoms with E-state index >= 15 is 0 Å². The summed E-state index contributed by atoms with van der Waals surface area (Å²) in [6.45, 7) is 4.72. The third-order valence-electron chi connectivity index (χ3n) is 5.01. The van der Waals surface area contributed by atoms with Crippen LogP contribution in [-0.4, -0.2) is 24.1 Å². The molecule has 1 saturated heterocycles. The number of pyridine rings is 1. The van der Waals surface area contributed by atoms with Crippen LogP contribution in [-0.2, 0) is 6.54 Å². The molecule has 0 spiro atoms. The second-order valence-electron chi connectivity index (χ2n) is 7.02. The summed E-state index contributed by atoms with van der Waals surface area (Å²) in [5.74, 6) is 0. The lowest BCUT2D eigenvalue weighted by molar-refractivity contribution is 0.252. The fourth-order valence-corrected chi connectivity index (χ4v) is 3.53. The van der Waals surface area contributed by atoms with E-state index in [-0.39, 0.29) is 6.03 Å². The molecule has 0 unspecified atom stereocenters. The van der Waals surface area contributed by atoms with E-state index in [1.165, 1.54) is 18.5 Å². The SMILES string of the molecule is Cc1cc2c(NC(=O)NCc3ccc(N4CCCC4)cc3)cccc2cn1. The van der Waals surface area contributed by atoms with Crippen LogP contribution >= 0.6 is 0 Å². The summed E-state index contributed by atoms with van der Waals surface area (Å²) in [7, 11) is 0. The van der Waals surface area contributed by atoms with Gasteiger partial charge < -0.3 is 15.5 Å². The number of carbonyl (C=O) groups excluding carboxylic acids is 1. The molecule has 2 aromatic carbocycles. The number of aryl methyl sites for hydroxylation is 1. The normalized spacial score (nSPS) is 13.7. The standard InChI is InChI=1S/C22H24N4O/c1-16-13-20-18(15-23-16)5-4-6-21(20)25-22(27)24-14-17-7-9-19(10-8-17)26-11-2-3-12-26/h4-10,13,15H,2-3,11-12,14H2,1H3,(H2,24,25,27). The Bertz CT molecular complexity index is 946. The van der Waals surface area contributed by atoms with E-state index < -0.39 is 0 Å². The minimum Gasteiger partial charge on any atom is -0.372 e. The highest BCUT2D eigenvalue weighted by atomic mass is 16.2. The number of aromatic nitrogens is 1. The molecule has 27 heavy (non-hydrogen) atoms. The predicted octanol–water partition coefficient (Wildman–Crippen LogP) is 4.47. The van der Waals surface area contributed by atoms with Gasteiger partial charge in [-0.25, -0.2) is 4.79 Å². The molecule has 1 aliphatic rings. The third kappa shape index (κ3) is 4.03. The lowest BCUT2D eigenvalue weighted by Crippen LogP contribution is -2.28. The van der Waals surface area contributed by atoms with Crippen molar-refractivity contribution in [1.82, 2.24) is 10.3 Å². The van der Waals surface area contributed by atoms with Crippen LogP contribution in [0.2, 0.25) is 0 Å². The highest BCUT2D eigenvalue weighted by Gasteiger charge is 2.12. The molecule has 0 atom stereocenters. The molecule has 1 fully saturated rings. The molecule has 0 aliphatic carbocycles. The van der Waals surface area contributed by atoms with Crippen LogP contribution in [0.4, 0.5) is 16.2 Å². The zero-order valence-electron chi connectivity index (χ0n) is 15.5. The number of rotatable bonds is 4. The molecule has 0 saturated carbocycles. The summed E-state index contributed by atoms with van der Waals surface area (Å²) in [6, 6.07) is 16.1. The quantitative estimate of drug-likeness (QED) is 0.722. The first-order chi connectivity index (χ1) is 13.2. The Morgan fingerprint density at radius 2 is 1.89 bits per heavy atom. The number of urea groups is 1. The number of benzene rings is 2. The molecule has 0 bridgehead atoms. The minimum atomic E-state index is -0.208. The van der Waals surface area contributed by atoms with E-state index in [0.717, 1.165) is 40.8 Å². The first-order valence-corrected chi connectivity index (χ1v) is 9.43. The summed E-state index contributed by atoms with van der Waals surface area (Å²) >= 11 is 0. The van der Waals surface area contributed by atoms with E-state index in [1.54, 1.807) is 0 Å². The molecule has 138 valence electrons. The molecule has 2 N–H and O–H groups in total. The van der Waals surface area contributed by atoms with Crippen LogP contribution in [0.15, 0.2) is 54.7 Å². The zero-order chi connectivity index (χ0) is 18.6. The number of nitrogens with one attached hydrogen (secondary N) is 2. The molecule has 1 aliphatic heterocycles. The number of amides is 2. The Labute approximate surface area is 159 Å². The average molecular weight is 360 g/mol. The first kappa shape index (κ1) is 17.3. The smallest absolute Gasteiger partial charge is 0.319 e. The van der Waals surface area contributed by atoms with Crippen molar-refractivity contribution in [1.29, 1.82) is 0 Å². The molecule has 0 radical (unpaired) electrons. The van der Waals surface area contributed by atoms with Gasteiger partial charge in [-0.2, -0.15) is 0 Å². The Hall–Kier alpha value is -3.08. The second-order valence-corrected chi connectivity index (χ2v) is 7.02. The number of anilines is 2. The third-order valence-corrected chi connectivity index (χ3v) is 5.01. The predicted molar refractivity (Wildman–Crippen MR) is 110 cm³/mol. The van der Waals surface area contributed by atoms with Gasteiger partial charge in [-0.3, -0.25) is 4.98 Å². The highest BCUT2D eigenvalue weighted by Crippen LogP contribution is 2.23. The maximum atomic E-state index is 12.3. The molecule has 4 rings (SSSR count). The number of hydrogen-bond acceptors (Lipinski definition) is 3. The Morgan fingerprint density at radius 1 is 1.11 bits per heavy atom. The van der Waals surface area contributed by atoms with Gasteiger partial charge in [0.15, 0.2) is 0 Å². The van der Waals surface area contributed by atoms with Crippen LogP contribution in [0.1, 0.15) is 24.1 Å². The van der Waals surface area contributed by atoms with Crippen LogP contribution in [0.5, 0.6) is 0 Å². The molecule has 5 nitrogen and oxygen atoms in total. The summed E-state index contributed by atoms with van der Waals surface area (Å²) in [4.78, 5) is 19.1. The number of nitrogens with zero attached hydrogens (tertiary/aromatic N) is 2. The fourth-order valence-electron chi connectivity index (χ4n) is 3.53. The molecule has 5 heteroatoms. The highest BCUT2D eigenvalue weighted by molar-refractivity contribution is 6.01. The summed E-state index contributed by atoms with van der Waals surface area (Å²) < 4.78 is 0. The molecule has 2 amide bonds. The van der Waals surface area contributed by atoms with E-state index in [1.807, 2.05) is 37.4 Å². The Kier molecular flexibility index (Phi) is 4.92. The molecule has 2 heterocycles. The average Bonchev–Trinajstić information content (AvgIpc) is 3.22. The van der Waals surface area contributed by atoms with Gasteiger partial charge in [-0.15, -0.1) is 0 Å². The van der Waals surface area contributed by atoms with Crippen LogP contribution < -0.4 is 15.5 Å². The maximum Gasteiger partial charge on any atom is 0.319 e. The minimum absolute atomic E-state index is 0.208. The Morgan fingerprint density at radius 3 is 2.67 bits per heavy atom. The van der Waals surface area contributed by atoms with Gasteiger partial charge in [-0.05, 0) is 49.6 Å². The maximum absolute atomic E-state index is 12.3. The largest absolute Gasteiger partial charge is 0.372 e. The lowest BCUT2D eigenvalue weighted by Gasteiger charge is -2.17. The molecule has 3 aromatic rings. The van der Waals surface area contributed by atoms with Crippen molar-refractivity contribution in [2.45, 2.75) is 26.3 Å². The van der Waals surface area contributed by atoms with Crippen LogP contribution in [0.3, 0.4) is 0 Å². The Balaban J connectivity index is 1.38. The molecule has 1 aromatic heterocycles. The van der Waals surface area contributed by atoms with Crippen molar-refractivity contribution >= 4 is 28.2 Å². The summed E-state index contributed by atoms with van der Waals surface area (Å²) in [6.07, 6.45) is 4.37. The molecular weight excluding hydrogens is 336 g/mol. The van der Waals surface area contributed by atoms with Crippen molar-refractivity contribution in [3.8, 4) is 0 Å². The van der Waals surface area contributed by atoms with Gasteiger partial charge in [0.1, 0.15) is 0 Å². The van der Waals surface area contributed by atoms with Crippen molar-refractivity contribution < 1.29 is 4.79 Å². The van der Waals surface area contributed by atoms with Gasteiger partial charge in [0.25, 0.3) is 0 Å². The van der Waals surface area contributed by atoms with Gasteiger partial charge in [0, 0.05) is 48.0 Å². The second kappa shape index (κ2) is 7.66. The lowest BCUT2D eigenvalue weighted by atomic mass is 10.1. The van der Waals surface area contributed by atoms with Crippen molar-refractivity contribution in [3.63, 3.8) is 0 Å². The topological polar surface area (TPSA) is 57.3 Å². The summed E-state index contributed by atoms with van der Waals surface area (Å²) in [5.41, 5.74) is 4.07. The molecular formula is C22H24N4O. The van der Waals surface area contributed by atoms with Crippen molar-refractivity contribution in [3.05, 3.63) is 66.0 Å². The number of carbonyl (C=O) groups is 1. The van der Waals surface area contributed by atoms with Crippen LogP contribution in [0.25, 0.3) is 10.8 Å². The van der Waals surface area contributed by atoms with E-state index in [4.69, 9.17) is 0 Å². The summed E-state index contributed by atoms with van der Waals surface area (Å²) in [5, 5.41) is 7.89. The monoisotopic (exact) mass is 360 g/mol. The van der Waals surface area contributed by atoms with Gasteiger partial charge >= 0.3 is 6.03 Å².